The summed E-state index contributed by atoms with van der Waals surface area (Å²) in [5, 5.41) is 16.3. The molecule has 1 aliphatic heterocycles. The van der Waals surface area contributed by atoms with Crippen molar-refractivity contribution in [2.75, 3.05) is 7.11 Å². The number of carbonyl (C=O) groups excluding carboxylic acids is 1. The first-order valence-electron chi connectivity index (χ1n) is 7.77. The van der Waals surface area contributed by atoms with Gasteiger partial charge >= 0.3 is 6.18 Å². The summed E-state index contributed by atoms with van der Waals surface area (Å²) in [5.41, 5.74) is -3.15. The molecule has 0 amide bonds. The third kappa shape index (κ3) is 3.52. The molecule has 1 aliphatic rings. The van der Waals surface area contributed by atoms with E-state index in [0.29, 0.717) is 11.3 Å². The van der Waals surface area contributed by atoms with Gasteiger partial charge in [0.1, 0.15) is 11.7 Å². The number of aliphatic hydroxyl groups is 1. The molecule has 10 heteroatoms. The Hall–Kier alpha value is -2.17. The van der Waals surface area contributed by atoms with Crippen molar-refractivity contribution < 1.29 is 27.8 Å². The molecule has 1 aromatic carbocycles. The molecule has 0 saturated carbocycles. The number of carbonyl (C=O) groups is 1. The Morgan fingerprint density at radius 1 is 1.30 bits per heavy atom. The zero-order chi connectivity index (χ0) is 19.8. The molecule has 2 aromatic rings. The molecule has 0 radical (unpaired) electrons. The van der Waals surface area contributed by atoms with E-state index in [1.807, 2.05) is 5.32 Å². The van der Waals surface area contributed by atoms with Crippen LogP contribution in [0.1, 0.15) is 21.3 Å². The Morgan fingerprint density at radius 3 is 2.48 bits per heavy atom. The van der Waals surface area contributed by atoms with Crippen LogP contribution in [0.5, 0.6) is 5.75 Å². The van der Waals surface area contributed by atoms with Gasteiger partial charge in [0.25, 0.3) is 0 Å². The number of Topliss-reactive ketones (excluding diaryl/α,β-unsaturated/α-hetero) is 1. The van der Waals surface area contributed by atoms with Crippen LogP contribution in [0.15, 0.2) is 41.8 Å². The lowest BCUT2D eigenvalue weighted by molar-refractivity contribution is -0.285. The maximum absolute atomic E-state index is 13.8. The highest BCUT2D eigenvalue weighted by atomic mass is 32.1. The molecule has 1 aromatic heterocycles. The SMILES string of the molecule is COc1ccc([C@@H]2NC(=S)N[C@](O)(C(F)(F)F)[C@@H]2C(=O)c2cccs2)cc1. The van der Waals surface area contributed by atoms with Gasteiger partial charge in [-0.3, -0.25) is 4.79 Å². The number of ether oxygens (including phenoxy) is 1. The maximum Gasteiger partial charge on any atom is 0.437 e. The minimum absolute atomic E-state index is 0.109. The average Bonchev–Trinajstić information content (AvgIpc) is 3.14. The van der Waals surface area contributed by atoms with Gasteiger partial charge in [0.15, 0.2) is 10.9 Å². The van der Waals surface area contributed by atoms with Gasteiger partial charge in [-0.25, -0.2) is 0 Å². The van der Waals surface area contributed by atoms with E-state index in [4.69, 9.17) is 17.0 Å². The van der Waals surface area contributed by atoms with Crippen molar-refractivity contribution in [1.29, 1.82) is 0 Å². The fourth-order valence-electron chi connectivity index (χ4n) is 3.00. The van der Waals surface area contributed by atoms with E-state index < -0.39 is 34.8 Å². The number of benzene rings is 1. The van der Waals surface area contributed by atoms with Gasteiger partial charge < -0.3 is 20.5 Å². The van der Waals surface area contributed by atoms with Crippen LogP contribution in [-0.2, 0) is 0 Å². The summed E-state index contributed by atoms with van der Waals surface area (Å²) in [6.45, 7) is 0. The van der Waals surface area contributed by atoms with Gasteiger partial charge in [-0.15, -0.1) is 11.3 Å². The van der Waals surface area contributed by atoms with E-state index >= 15 is 0 Å². The molecular formula is C17H15F3N2O3S2. The minimum atomic E-state index is -5.14. The Kier molecular flexibility index (Phi) is 5.15. The van der Waals surface area contributed by atoms with E-state index in [-0.39, 0.29) is 4.88 Å². The second-order valence-electron chi connectivity index (χ2n) is 5.93. The number of nitrogens with one attached hydrogen (secondary N) is 2. The van der Waals surface area contributed by atoms with Crippen molar-refractivity contribution >= 4 is 34.5 Å². The highest BCUT2D eigenvalue weighted by Gasteiger charge is 2.65. The monoisotopic (exact) mass is 416 g/mol. The lowest BCUT2D eigenvalue weighted by Gasteiger charge is -2.46. The first-order valence-corrected chi connectivity index (χ1v) is 9.05. The summed E-state index contributed by atoms with van der Waals surface area (Å²) in [5.74, 6) is -2.23. The van der Waals surface area contributed by atoms with E-state index in [1.54, 1.807) is 23.6 Å². The normalized spacial score (nSPS) is 25.4. The zero-order valence-electron chi connectivity index (χ0n) is 13.9. The number of ketones is 1. The Balaban J connectivity index is 2.12. The highest BCUT2D eigenvalue weighted by molar-refractivity contribution is 7.80. The van der Waals surface area contributed by atoms with Crippen LogP contribution in [0.4, 0.5) is 13.2 Å². The van der Waals surface area contributed by atoms with Crippen LogP contribution < -0.4 is 15.4 Å². The van der Waals surface area contributed by atoms with Crippen molar-refractivity contribution in [2.24, 2.45) is 5.92 Å². The molecule has 0 bridgehead atoms. The molecule has 3 N–H and O–H groups in total. The first-order chi connectivity index (χ1) is 12.7. The summed E-state index contributed by atoms with van der Waals surface area (Å²) >= 11 is 5.88. The van der Waals surface area contributed by atoms with E-state index in [1.165, 1.54) is 25.3 Å². The number of methoxy groups -OCH3 is 1. The molecule has 2 heterocycles. The Bertz CT molecular complexity index is 840. The lowest BCUT2D eigenvalue weighted by Crippen LogP contribution is -2.72. The quantitative estimate of drug-likeness (QED) is 0.526. The van der Waals surface area contributed by atoms with Gasteiger partial charge in [-0.2, -0.15) is 13.2 Å². The van der Waals surface area contributed by atoms with Gasteiger partial charge in [0.2, 0.25) is 5.72 Å². The van der Waals surface area contributed by atoms with Gasteiger partial charge in [-0.1, -0.05) is 18.2 Å². The van der Waals surface area contributed by atoms with Crippen LogP contribution in [-0.4, -0.2) is 35.0 Å². The molecule has 1 fully saturated rings. The second kappa shape index (κ2) is 7.10. The van der Waals surface area contributed by atoms with Crippen molar-refractivity contribution in [3.63, 3.8) is 0 Å². The van der Waals surface area contributed by atoms with Crippen LogP contribution in [0.25, 0.3) is 0 Å². The molecule has 1 saturated heterocycles. The summed E-state index contributed by atoms with van der Waals surface area (Å²) in [7, 11) is 1.46. The van der Waals surface area contributed by atoms with E-state index in [2.05, 4.69) is 5.32 Å². The second-order valence-corrected chi connectivity index (χ2v) is 7.29. The van der Waals surface area contributed by atoms with E-state index in [0.717, 1.165) is 11.3 Å². The molecule has 27 heavy (non-hydrogen) atoms. The molecule has 3 rings (SSSR count). The summed E-state index contributed by atoms with van der Waals surface area (Å²) in [6.07, 6.45) is -5.14. The van der Waals surface area contributed by atoms with Crippen LogP contribution in [0, 0.1) is 5.92 Å². The molecule has 3 atom stereocenters. The molecule has 0 aliphatic carbocycles. The maximum atomic E-state index is 13.8. The van der Waals surface area contributed by atoms with Crippen molar-refractivity contribution in [2.45, 2.75) is 17.9 Å². The van der Waals surface area contributed by atoms with Crippen molar-refractivity contribution in [3.05, 3.63) is 52.2 Å². The largest absolute Gasteiger partial charge is 0.497 e. The topological polar surface area (TPSA) is 70.6 Å². The third-order valence-electron chi connectivity index (χ3n) is 4.33. The standard InChI is InChI=1S/C17H15F3N2O3S2/c1-25-10-6-4-9(5-7-10)13-12(14(23)11-3-2-8-27-11)16(24,17(18,19)20)22-15(26)21-13/h2-8,12-13,24H,1H3,(H2,21,22,26)/t12-,13-,16+/m0/s1. The molecule has 5 nitrogen and oxygen atoms in total. The lowest BCUT2D eigenvalue weighted by atomic mass is 9.79. The van der Waals surface area contributed by atoms with Crippen LogP contribution in [0.3, 0.4) is 0 Å². The molecule has 0 unspecified atom stereocenters. The van der Waals surface area contributed by atoms with Crippen molar-refractivity contribution in [3.8, 4) is 5.75 Å². The fraction of sp³-hybridized carbons (Fsp3) is 0.294. The molecular weight excluding hydrogens is 401 g/mol. The number of hydrogen-bond donors (Lipinski definition) is 3. The van der Waals surface area contributed by atoms with Gasteiger partial charge in [-0.05, 0) is 41.4 Å². The summed E-state index contributed by atoms with van der Waals surface area (Å²) in [4.78, 5) is 13.0. The number of thiophene rings is 1. The van der Waals surface area contributed by atoms with Gasteiger partial charge in [0, 0.05) is 0 Å². The number of rotatable bonds is 4. The summed E-state index contributed by atoms with van der Waals surface area (Å²) in [6, 6.07) is 7.95. The van der Waals surface area contributed by atoms with E-state index in [9.17, 15) is 23.1 Å². The van der Waals surface area contributed by atoms with Crippen LogP contribution in [0.2, 0.25) is 0 Å². The van der Waals surface area contributed by atoms with Gasteiger partial charge in [0.05, 0.1) is 18.0 Å². The Morgan fingerprint density at radius 2 is 1.96 bits per heavy atom. The Labute approximate surface area is 162 Å². The van der Waals surface area contributed by atoms with Crippen LogP contribution >= 0.6 is 23.6 Å². The number of alkyl halides is 3. The first kappa shape index (κ1) is 19.6. The minimum Gasteiger partial charge on any atom is -0.497 e. The molecule has 0 spiro atoms. The fourth-order valence-corrected chi connectivity index (χ4v) is 3.99. The number of hydrogen-bond acceptors (Lipinski definition) is 5. The zero-order valence-corrected chi connectivity index (χ0v) is 15.5. The third-order valence-corrected chi connectivity index (χ3v) is 5.43. The number of thiocarbonyl (C=S) groups is 1. The predicted molar refractivity (Wildman–Crippen MR) is 97.7 cm³/mol. The predicted octanol–water partition coefficient (Wildman–Crippen LogP) is 3.03. The van der Waals surface area contributed by atoms with Crippen molar-refractivity contribution in [1.82, 2.24) is 10.6 Å². The highest BCUT2D eigenvalue weighted by Crippen LogP contribution is 2.44. The summed E-state index contributed by atoms with van der Waals surface area (Å²) < 4.78 is 46.4. The molecule has 144 valence electrons. The average molecular weight is 416 g/mol. The number of halogens is 3. The smallest absolute Gasteiger partial charge is 0.437 e.